The van der Waals surface area contributed by atoms with Crippen LogP contribution in [0.15, 0.2) is 82.9 Å². The Bertz CT molecular complexity index is 2010. The van der Waals surface area contributed by atoms with Gasteiger partial charge < -0.3 is 29.0 Å². The number of halogens is 3. The van der Waals surface area contributed by atoms with Gasteiger partial charge in [0, 0.05) is 21.2 Å². The quantitative estimate of drug-likeness (QED) is 0.0903. The van der Waals surface area contributed by atoms with E-state index in [0.29, 0.717) is 56.9 Å². The van der Waals surface area contributed by atoms with Crippen LogP contribution in [0.4, 0.5) is 0 Å². The molecule has 14 heteroatoms. The summed E-state index contributed by atoms with van der Waals surface area (Å²) in [6.07, 6.45) is 5.33. The Balaban J connectivity index is 0.000000194. The second-order valence-electron chi connectivity index (χ2n) is 11.9. The zero-order valence-corrected chi connectivity index (χ0v) is 33.6. The normalized spacial score (nSPS) is 13.4. The van der Waals surface area contributed by atoms with Gasteiger partial charge >= 0.3 is 19.1 Å². The van der Waals surface area contributed by atoms with E-state index in [9.17, 15) is 19.6 Å². The Hall–Kier alpha value is -4.20. The predicted molar refractivity (Wildman–Crippen MR) is 216 cm³/mol. The molecule has 2 heterocycles. The maximum absolute atomic E-state index is 12.0. The Kier molecular flexibility index (Phi) is 16.6. The average Bonchev–Trinajstić information content (AvgIpc) is 3.87. The van der Waals surface area contributed by atoms with Gasteiger partial charge in [0.1, 0.15) is 27.5 Å². The number of carbonyl (C=O) groups is 2. The van der Waals surface area contributed by atoms with Gasteiger partial charge in [0.2, 0.25) is 0 Å². The fourth-order valence-corrected chi connectivity index (χ4v) is 6.85. The summed E-state index contributed by atoms with van der Waals surface area (Å²) >= 11 is 15.3. The van der Waals surface area contributed by atoms with E-state index in [1.54, 1.807) is 64.5 Å². The minimum absolute atomic E-state index is 0.325. The summed E-state index contributed by atoms with van der Waals surface area (Å²) in [5.74, 6) is 0.716. The summed E-state index contributed by atoms with van der Waals surface area (Å²) in [5, 5.41) is 20.0. The van der Waals surface area contributed by atoms with Crippen LogP contribution in [-0.4, -0.2) is 66.5 Å². The van der Waals surface area contributed by atoms with Crippen LogP contribution in [0, 0.1) is 0 Å². The van der Waals surface area contributed by atoms with Crippen LogP contribution < -0.4 is 9.47 Å². The minimum atomic E-state index is -1.39. The molecular weight excluding hydrogens is 798 g/mol. The molecule has 0 saturated heterocycles. The van der Waals surface area contributed by atoms with Gasteiger partial charge in [-0.2, -0.15) is 0 Å². The number of rotatable bonds is 10. The zero-order valence-electron chi connectivity index (χ0n) is 30.5. The van der Waals surface area contributed by atoms with Gasteiger partial charge in [0.25, 0.3) is 0 Å². The first-order valence-corrected chi connectivity index (χ1v) is 19.0. The number of allylic oxidation sites excluding steroid dienone is 4. The van der Waals surface area contributed by atoms with E-state index >= 15 is 0 Å². The number of nitrogens with zero attached hydrogens (tertiary/aromatic N) is 2. The maximum atomic E-state index is 12.0. The minimum Gasteiger partial charge on any atom is -0.496 e. The summed E-state index contributed by atoms with van der Waals surface area (Å²) in [6, 6.07) is 21.5. The Morgan fingerprint density at radius 1 is 0.704 bits per heavy atom. The second-order valence-corrected chi connectivity index (χ2v) is 13.6. The number of aromatic nitrogens is 2. The van der Waals surface area contributed by atoms with Gasteiger partial charge in [0.05, 0.1) is 33.1 Å². The molecule has 6 rings (SSSR count). The molecule has 0 aliphatic heterocycles. The van der Waals surface area contributed by atoms with Crippen molar-refractivity contribution in [2.75, 3.05) is 27.4 Å². The molecule has 0 saturated carbocycles. The molecule has 0 amide bonds. The van der Waals surface area contributed by atoms with Crippen molar-refractivity contribution < 1.29 is 38.6 Å². The Morgan fingerprint density at radius 3 is 1.74 bits per heavy atom. The lowest BCUT2D eigenvalue weighted by atomic mass is 9.75. The van der Waals surface area contributed by atoms with Crippen LogP contribution in [0.3, 0.4) is 0 Å². The first kappa shape index (κ1) is 42.5. The van der Waals surface area contributed by atoms with E-state index in [4.69, 9.17) is 42.1 Å². The van der Waals surface area contributed by atoms with Gasteiger partial charge in [-0.3, -0.25) is 0 Å². The molecule has 0 fully saturated rings. The zero-order chi connectivity index (χ0) is 39.2. The molecule has 0 atom stereocenters. The molecule has 2 aliphatic rings. The molecule has 54 heavy (non-hydrogen) atoms. The van der Waals surface area contributed by atoms with E-state index in [-0.39, 0.29) is 5.97 Å². The highest BCUT2D eigenvalue weighted by Crippen LogP contribution is 2.43. The van der Waals surface area contributed by atoms with E-state index < -0.39 is 13.1 Å². The molecule has 284 valence electrons. The van der Waals surface area contributed by atoms with Gasteiger partial charge in [-0.25, -0.2) is 19.6 Å². The molecular formula is C40H42BBrCl2N2O8. The lowest BCUT2D eigenvalue weighted by Crippen LogP contribution is -2.15. The summed E-state index contributed by atoms with van der Waals surface area (Å²) < 4.78 is 21.2. The van der Waals surface area contributed by atoms with Crippen molar-refractivity contribution in [1.29, 1.82) is 0 Å². The largest absolute Gasteiger partial charge is 0.496 e. The average molecular weight is 840 g/mol. The molecule has 0 spiro atoms. The predicted octanol–water partition coefficient (Wildman–Crippen LogP) is 9.33. The fraction of sp³-hybridized carbons (Fsp3) is 0.300. The fourth-order valence-electron chi connectivity index (χ4n) is 6.16. The second kappa shape index (κ2) is 21.0. The van der Waals surface area contributed by atoms with Gasteiger partial charge in [0.15, 0.2) is 0 Å². The molecule has 2 N–H and O–H groups in total. The van der Waals surface area contributed by atoms with Crippen molar-refractivity contribution in [1.82, 2.24) is 9.97 Å². The molecule has 0 radical (unpaired) electrons. The highest BCUT2D eigenvalue weighted by atomic mass is 79.9. The van der Waals surface area contributed by atoms with Gasteiger partial charge in [-0.15, -0.1) is 0 Å². The van der Waals surface area contributed by atoms with Crippen LogP contribution in [0.5, 0.6) is 11.5 Å². The Labute approximate surface area is 334 Å². The highest BCUT2D eigenvalue weighted by molar-refractivity contribution is 9.10. The topological polar surface area (TPSA) is 137 Å². The number of esters is 2. The smallest absolute Gasteiger partial charge is 0.484 e. The number of pyridine rings is 2. The van der Waals surface area contributed by atoms with Crippen molar-refractivity contribution in [3.63, 3.8) is 0 Å². The molecule has 2 aromatic carbocycles. The number of methoxy groups -OCH3 is 2. The van der Waals surface area contributed by atoms with Gasteiger partial charge in [-0.1, -0.05) is 35.3 Å². The van der Waals surface area contributed by atoms with Crippen LogP contribution in [0.2, 0.25) is 10.0 Å². The lowest BCUT2D eigenvalue weighted by molar-refractivity contribution is 0.0510. The standard InChI is InChI=1S/C20H20ClNO3.C12H14BClO3.C8H8BrNO2/c1-3-25-20(23)18-9-5-8-17(22-18)15-7-4-6-14(15)16-12-13(21)10-11-19(16)24-2;1-17-12-6-5-8(14)7-10(12)9-3-2-4-11(9)13(15)16;1-2-12-8(11)6-4-3-5-7(9)10-6/h5,8-12H,3-4,6-7H2,1-2H3;5-7,15-16H,2-4H2,1H3;3-5H,2H2,1H3. The number of benzene rings is 2. The molecule has 2 aromatic heterocycles. The van der Waals surface area contributed by atoms with Crippen molar-refractivity contribution in [3.05, 3.63) is 121 Å². The van der Waals surface area contributed by atoms with Crippen molar-refractivity contribution in [2.45, 2.75) is 52.4 Å². The molecule has 10 nitrogen and oxygen atoms in total. The van der Waals surface area contributed by atoms with Crippen molar-refractivity contribution in [3.8, 4) is 11.5 Å². The maximum Gasteiger partial charge on any atom is 0.484 e. The molecule has 2 aliphatic carbocycles. The first-order valence-electron chi connectivity index (χ1n) is 17.4. The first-order chi connectivity index (χ1) is 26.0. The monoisotopic (exact) mass is 838 g/mol. The Morgan fingerprint density at radius 2 is 1.20 bits per heavy atom. The SMILES string of the molecule is CCOC(=O)c1cccc(Br)n1.CCOC(=O)c1cccc(C2=C(c3cc(Cl)ccc3OC)CCC2)n1.COc1ccc(Cl)cc1C1=C(B(O)O)CCC1. The van der Waals surface area contributed by atoms with Crippen LogP contribution >= 0.6 is 39.1 Å². The third kappa shape index (κ3) is 11.4. The van der Waals surface area contributed by atoms with Crippen LogP contribution in [0.1, 0.15) is 90.2 Å². The summed E-state index contributed by atoms with van der Waals surface area (Å²) in [5.41, 5.74) is 7.23. The van der Waals surface area contributed by atoms with E-state index in [1.807, 2.05) is 36.4 Å². The third-order valence-corrected chi connectivity index (χ3v) is 9.42. The number of hydrogen-bond donors (Lipinski definition) is 2. The van der Waals surface area contributed by atoms with Crippen molar-refractivity contribution in [2.24, 2.45) is 0 Å². The highest BCUT2D eigenvalue weighted by Gasteiger charge is 2.27. The summed E-state index contributed by atoms with van der Waals surface area (Å²) in [6.45, 7) is 4.24. The summed E-state index contributed by atoms with van der Waals surface area (Å²) in [4.78, 5) is 31.5. The van der Waals surface area contributed by atoms with Crippen molar-refractivity contribution >= 4 is 74.9 Å². The van der Waals surface area contributed by atoms with E-state index in [1.165, 1.54) is 5.57 Å². The number of hydrogen-bond acceptors (Lipinski definition) is 10. The van der Waals surface area contributed by atoms with Gasteiger partial charge in [-0.05, 0) is 151 Å². The summed E-state index contributed by atoms with van der Waals surface area (Å²) in [7, 11) is 1.86. The molecule has 4 aromatic rings. The van der Waals surface area contributed by atoms with E-state index in [0.717, 1.165) is 65.8 Å². The van der Waals surface area contributed by atoms with Crippen LogP contribution in [-0.2, 0) is 9.47 Å². The third-order valence-electron chi connectivity index (χ3n) is 8.51. The number of carbonyl (C=O) groups excluding carboxylic acids is 2. The lowest BCUT2D eigenvalue weighted by Gasteiger charge is -2.13. The number of ether oxygens (including phenoxy) is 4. The molecule has 0 unspecified atom stereocenters. The van der Waals surface area contributed by atoms with Crippen LogP contribution in [0.25, 0.3) is 16.7 Å². The molecule has 0 bridgehead atoms. The van der Waals surface area contributed by atoms with E-state index in [2.05, 4.69) is 25.9 Å².